The summed E-state index contributed by atoms with van der Waals surface area (Å²) in [5.41, 5.74) is 0.148. The Hall–Kier alpha value is -2.68. The first-order chi connectivity index (χ1) is 14.9. The second-order valence-electron chi connectivity index (χ2n) is 7.74. The van der Waals surface area contributed by atoms with E-state index in [2.05, 4.69) is 10.6 Å². The van der Waals surface area contributed by atoms with Crippen LogP contribution in [0.4, 0.5) is 0 Å². The summed E-state index contributed by atoms with van der Waals surface area (Å²) in [6.07, 6.45) is 1.94. The summed E-state index contributed by atoms with van der Waals surface area (Å²) in [7, 11) is 1.62. The molecule has 0 radical (unpaired) electrons. The van der Waals surface area contributed by atoms with Gasteiger partial charge in [0.1, 0.15) is 11.3 Å². The van der Waals surface area contributed by atoms with Crippen LogP contribution in [-0.2, 0) is 17.8 Å². The van der Waals surface area contributed by atoms with Crippen molar-refractivity contribution >= 4 is 23.4 Å². The van der Waals surface area contributed by atoms with Crippen molar-refractivity contribution in [1.82, 2.24) is 15.2 Å². The maximum atomic E-state index is 12.9. The van der Waals surface area contributed by atoms with Crippen molar-refractivity contribution in [3.05, 3.63) is 68.6 Å². The van der Waals surface area contributed by atoms with Gasteiger partial charge in [-0.25, -0.2) is 0 Å². The predicted molar refractivity (Wildman–Crippen MR) is 116 cm³/mol. The van der Waals surface area contributed by atoms with E-state index in [9.17, 15) is 19.5 Å². The van der Waals surface area contributed by atoms with Crippen LogP contribution in [0.25, 0.3) is 0 Å². The average Bonchev–Trinajstić information content (AvgIpc) is 3.53. The Labute approximate surface area is 185 Å². The first-order valence-electron chi connectivity index (χ1n) is 10.0. The lowest BCUT2D eigenvalue weighted by Gasteiger charge is -2.17. The number of carbonyl (C=O) groups is 2. The highest BCUT2D eigenvalue weighted by Crippen LogP contribution is 2.45. The lowest BCUT2D eigenvalue weighted by molar-refractivity contribution is 0.0902. The van der Waals surface area contributed by atoms with Crippen molar-refractivity contribution in [3.63, 3.8) is 0 Å². The highest BCUT2D eigenvalue weighted by atomic mass is 35.5. The van der Waals surface area contributed by atoms with Gasteiger partial charge in [0.25, 0.3) is 17.4 Å². The summed E-state index contributed by atoms with van der Waals surface area (Å²) >= 11 is 5.85. The fourth-order valence-electron chi connectivity index (χ4n) is 3.36. The molecular formula is C22H26ClN3O5. The number of methoxy groups -OCH3 is 1. The summed E-state index contributed by atoms with van der Waals surface area (Å²) in [6, 6.07) is 9.74. The van der Waals surface area contributed by atoms with Crippen molar-refractivity contribution in [3.8, 4) is 0 Å². The summed E-state index contributed by atoms with van der Waals surface area (Å²) < 4.78 is 6.33. The molecule has 0 saturated heterocycles. The Balaban J connectivity index is 1.73. The van der Waals surface area contributed by atoms with Gasteiger partial charge in [-0.15, -0.1) is 0 Å². The van der Waals surface area contributed by atoms with E-state index in [1.165, 1.54) is 12.1 Å². The zero-order valence-corrected chi connectivity index (χ0v) is 18.1. The van der Waals surface area contributed by atoms with Crippen LogP contribution in [0.5, 0.6) is 0 Å². The zero-order valence-electron chi connectivity index (χ0n) is 17.3. The SMILES string of the molecule is COCC1(CNC(=O)c2ccc(C(=O)NCc3ccc(Cl)cc3)c(=O)n2CCO)CC1. The summed E-state index contributed by atoms with van der Waals surface area (Å²) in [5.74, 6) is -0.989. The molecule has 0 aliphatic heterocycles. The number of amides is 2. The number of pyridine rings is 1. The second kappa shape index (κ2) is 10.1. The van der Waals surface area contributed by atoms with Gasteiger partial charge in [-0.2, -0.15) is 0 Å². The van der Waals surface area contributed by atoms with Gasteiger partial charge in [-0.05, 0) is 42.7 Å². The Kier molecular flexibility index (Phi) is 7.48. The van der Waals surface area contributed by atoms with E-state index < -0.39 is 17.4 Å². The van der Waals surface area contributed by atoms with E-state index in [1.54, 1.807) is 31.4 Å². The van der Waals surface area contributed by atoms with E-state index in [-0.39, 0.29) is 36.4 Å². The number of benzene rings is 1. The monoisotopic (exact) mass is 447 g/mol. The minimum absolute atomic E-state index is 0.0476. The van der Waals surface area contributed by atoms with Crippen LogP contribution in [0.3, 0.4) is 0 Å². The molecule has 1 heterocycles. The Bertz CT molecular complexity index is 999. The van der Waals surface area contributed by atoms with Crippen molar-refractivity contribution in [2.75, 3.05) is 26.9 Å². The minimum Gasteiger partial charge on any atom is -0.395 e. The maximum absolute atomic E-state index is 12.9. The number of aromatic nitrogens is 1. The molecule has 2 amide bonds. The number of rotatable bonds is 10. The zero-order chi connectivity index (χ0) is 22.4. The smallest absolute Gasteiger partial charge is 0.268 e. The molecule has 0 bridgehead atoms. The number of halogens is 1. The quantitative estimate of drug-likeness (QED) is 0.512. The van der Waals surface area contributed by atoms with Gasteiger partial charge >= 0.3 is 0 Å². The highest BCUT2D eigenvalue weighted by Gasteiger charge is 2.42. The molecule has 0 unspecified atom stereocenters. The van der Waals surface area contributed by atoms with Crippen LogP contribution in [0, 0.1) is 5.41 Å². The first kappa shape index (κ1) is 23.0. The van der Waals surface area contributed by atoms with E-state index in [1.807, 2.05) is 0 Å². The fourth-order valence-corrected chi connectivity index (χ4v) is 3.49. The van der Waals surface area contributed by atoms with Crippen LogP contribution >= 0.6 is 11.6 Å². The van der Waals surface area contributed by atoms with Gasteiger partial charge in [-0.1, -0.05) is 23.7 Å². The minimum atomic E-state index is -0.631. The number of ether oxygens (including phenoxy) is 1. The number of hydrogen-bond donors (Lipinski definition) is 3. The maximum Gasteiger partial charge on any atom is 0.268 e. The van der Waals surface area contributed by atoms with Gasteiger partial charge in [0.05, 0.1) is 13.2 Å². The summed E-state index contributed by atoms with van der Waals surface area (Å²) in [5, 5.41) is 15.5. The van der Waals surface area contributed by atoms with Crippen LogP contribution < -0.4 is 16.2 Å². The molecule has 9 heteroatoms. The first-order valence-corrected chi connectivity index (χ1v) is 10.4. The molecule has 8 nitrogen and oxygen atoms in total. The summed E-state index contributed by atoms with van der Waals surface area (Å²) in [4.78, 5) is 38.1. The van der Waals surface area contributed by atoms with E-state index in [0.717, 1.165) is 23.0 Å². The van der Waals surface area contributed by atoms with Gasteiger partial charge in [0.15, 0.2) is 0 Å². The van der Waals surface area contributed by atoms with Crippen molar-refractivity contribution < 1.29 is 19.4 Å². The van der Waals surface area contributed by atoms with E-state index in [0.29, 0.717) is 18.2 Å². The van der Waals surface area contributed by atoms with Crippen LogP contribution in [-0.4, -0.2) is 48.4 Å². The Morgan fingerprint density at radius 1 is 1.13 bits per heavy atom. The molecule has 166 valence electrons. The third-order valence-electron chi connectivity index (χ3n) is 5.37. The molecule has 0 spiro atoms. The molecule has 1 saturated carbocycles. The second-order valence-corrected chi connectivity index (χ2v) is 8.17. The number of nitrogens with one attached hydrogen (secondary N) is 2. The predicted octanol–water partition coefficient (Wildman–Crippen LogP) is 1.58. The van der Waals surface area contributed by atoms with Crippen LogP contribution in [0.2, 0.25) is 5.02 Å². The number of nitrogens with zero attached hydrogens (tertiary/aromatic N) is 1. The Morgan fingerprint density at radius 2 is 1.84 bits per heavy atom. The molecule has 1 aliphatic carbocycles. The van der Waals surface area contributed by atoms with Crippen LogP contribution in [0.15, 0.2) is 41.2 Å². The van der Waals surface area contributed by atoms with Gasteiger partial charge in [0, 0.05) is 37.2 Å². The third kappa shape index (κ3) is 5.72. The molecule has 2 aromatic rings. The molecule has 1 aromatic carbocycles. The van der Waals surface area contributed by atoms with Crippen LogP contribution in [0.1, 0.15) is 39.3 Å². The van der Waals surface area contributed by atoms with Crippen molar-refractivity contribution in [2.45, 2.75) is 25.9 Å². The molecule has 1 aliphatic rings. The summed E-state index contributed by atoms with van der Waals surface area (Å²) in [6.45, 7) is 0.784. The van der Waals surface area contributed by atoms with E-state index >= 15 is 0 Å². The van der Waals surface area contributed by atoms with Crippen molar-refractivity contribution in [2.24, 2.45) is 5.41 Å². The van der Waals surface area contributed by atoms with E-state index in [4.69, 9.17) is 16.3 Å². The lowest BCUT2D eigenvalue weighted by Crippen LogP contribution is -2.39. The molecule has 0 atom stereocenters. The van der Waals surface area contributed by atoms with Gasteiger partial charge < -0.3 is 25.0 Å². The Morgan fingerprint density at radius 3 is 2.45 bits per heavy atom. The average molecular weight is 448 g/mol. The lowest BCUT2D eigenvalue weighted by atomic mass is 10.1. The number of hydrogen-bond acceptors (Lipinski definition) is 5. The number of carbonyl (C=O) groups excluding carboxylic acids is 2. The number of aliphatic hydroxyl groups excluding tert-OH is 1. The topological polar surface area (TPSA) is 110 Å². The third-order valence-corrected chi connectivity index (χ3v) is 5.62. The largest absolute Gasteiger partial charge is 0.395 e. The van der Waals surface area contributed by atoms with Crippen molar-refractivity contribution in [1.29, 1.82) is 0 Å². The molecule has 3 N–H and O–H groups in total. The molecular weight excluding hydrogens is 422 g/mol. The fraction of sp³-hybridized carbons (Fsp3) is 0.409. The molecule has 3 rings (SSSR count). The highest BCUT2D eigenvalue weighted by molar-refractivity contribution is 6.30. The molecule has 1 fully saturated rings. The molecule has 1 aromatic heterocycles. The normalized spacial score (nSPS) is 14.2. The molecule has 31 heavy (non-hydrogen) atoms. The number of aliphatic hydroxyl groups is 1. The standard InChI is InChI=1S/C22H26ClN3O5/c1-31-14-22(8-9-22)13-25-20(29)18-7-6-17(21(30)26(18)10-11-27)19(28)24-12-15-2-4-16(23)5-3-15/h2-7,27H,8-14H2,1H3,(H,24,28)(H,25,29). The van der Waals surface area contributed by atoms with Gasteiger partial charge in [0.2, 0.25) is 0 Å². The van der Waals surface area contributed by atoms with Gasteiger partial charge in [-0.3, -0.25) is 14.4 Å².